The van der Waals surface area contributed by atoms with Gasteiger partial charge in [-0.25, -0.2) is 0 Å². The van der Waals surface area contributed by atoms with Gasteiger partial charge < -0.3 is 14.1 Å². The number of fused-ring (bicyclic) bond motifs is 2. The molecule has 0 atom stereocenters. The van der Waals surface area contributed by atoms with Gasteiger partial charge in [0.05, 0.1) is 23.3 Å². The van der Waals surface area contributed by atoms with Gasteiger partial charge in [-0.1, -0.05) is 54.9 Å². The third kappa shape index (κ3) is 7.88. The second-order valence-corrected chi connectivity index (χ2v) is 13.9. The minimum Gasteiger partial charge on any atom is -0.439 e. The number of oxazole rings is 1. The summed E-state index contributed by atoms with van der Waals surface area (Å²) in [7, 11) is -8.28. The van der Waals surface area contributed by atoms with Crippen molar-refractivity contribution in [3.8, 4) is 16.9 Å². The van der Waals surface area contributed by atoms with E-state index in [9.17, 15) is 25.9 Å². The molecule has 2 N–H and O–H groups in total. The molecule has 1 aliphatic heterocycles. The van der Waals surface area contributed by atoms with Crippen molar-refractivity contribution in [1.29, 1.82) is 0 Å². The Kier molecular flexibility index (Phi) is 9.47. The number of hydrogen-bond donors (Lipinski definition) is 2. The molecule has 3 aromatic carbocycles. The maximum absolute atomic E-state index is 11.5. The molecule has 2 heterocycles. The molecular weight excluding hydrogens is 628 g/mol. The van der Waals surface area contributed by atoms with Crippen molar-refractivity contribution < 1.29 is 39.7 Å². The molecule has 4 aromatic rings. The van der Waals surface area contributed by atoms with E-state index < -0.39 is 31.7 Å². The molecule has 0 bridgehead atoms. The first-order valence-corrected chi connectivity index (χ1v) is 17.6. The van der Waals surface area contributed by atoms with Gasteiger partial charge in [0, 0.05) is 30.1 Å². The molecule has 44 heavy (non-hydrogen) atoms. The van der Waals surface area contributed by atoms with E-state index in [0.717, 1.165) is 22.2 Å². The summed E-state index contributed by atoms with van der Waals surface area (Å²) >= 11 is 6.24. The molecule has 1 aromatic heterocycles. The van der Waals surface area contributed by atoms with Crippen LogP contribution in [0.4, 0.5) is 5.69 Å². The van der Waals surface area contributed by atoms with Crippen LogP contribution in [0.25, 0.3) is 28.3 Å². The molecule has 0 fully saturated rings. The molecule has 0 radical (unpaired) electrons. The van der Waals surface area contributed by atoms with Crippen LogP contribution in [0.15, 0.2) is 88.7 Å². The zero-order valence-corrected chi connectivity index (χ0v) is 26.3. The van der Waals surface area contributed by atoms with Gasteiger partial charge in [-0.15, -0.1) is 0 Å². The fourth-order valence-electron chi connectivity index (χ4n) is 5.03. The van der Waals surface area contributed by atoms with Gasteiger partial charge in [0.15, 0.2) is 12.3 Å². The minimum atomic E-state index is -4.14. The highest BCUT2D eigenvalue weighted by Gasteiger charge is 2.28. The van der Waals surface area contributed by atoms with Gasteiger partial charge in [0.25, 0.3) is 25.8 Å². The van der Waals surface area contributed by atoms with Gasteiger partial charge in [0.2, 0.25) is 11.5 Å². The summed E-state index contributed by atoms with van der Waals surface area (Å²) in [5.41, 5.74) is 4.84. The van der Waals surface area contributed by atoms with Gasteiger partial charge in [-0.2, -0.15) is 21.4 Å². The Balaban J connectivity index is 1.54. The molecule has 10 nitrogen and oxygen atoms in total. The third-order valence-corrected chi connectivity index (χ3v) is 8.97. The van der Waals surface area contributed by atoms with Crippen molar-refractivity contribution in [2.24, 2.45) is 0 Å². The number of allylic oxidation sites excluding steroid dienone is 2. The predicted octanol–water partition coefficient (Wildman–Crippen LogP) is 6.13. The molecule has 5 rings (SSSR count). The first kappa shape index (κ1) is 31.7. The largest absolute Gasteiger partial charge is 0.439 e. The summed E-state index contributed by atoms with van der Waals surface area (Å²) in [6, 6.07) is 20.8. The molecule has 0 saturated carbocycles. The molecule has 0 unspecified atom stereocenters. The second-order valence-electron chi connectivity index (χ2n) is 10.3. The maximum Gasteiger partial charge on any atom is 0.374 e. The summed E-state index contributed by atoms with van der Waals surface area (Å²) in [6.45, 7) is 2.48. The zero-order chi connectivity index (χ0) is 31.5. The summed E-state index contributed by atoms with van der Waals surface area (Å²) in [6.07, 6.45) is 4.56. The van der Waals surface area contributed by atoms with Crippen LogP contribution >= 0.6 is 11.6 Å². The second kappa shape index (κ2) is 13.1. The SMILES string of the molecule is CCC(=C/c1oc2ccc(-c3ccccc3)cc2[n+]1CCCS(=O)(=O)O)/C=C1/Oc2ccc(Cl)cc2N1CCCS(=O)(=O)O. The summed E-state index contributed by atoms with van der Waals surface area (Å²) < 4.78 is 78.5. The van der Waals surface area contributed by atoms with E-state index >= 15 is 0 Å². The number of ether oxygens (including phenoxy) is 1. The van der Waals surface area contributed by atoms with Gasteiger partial charge in [0.1, 0.15) is 0 Å². The zero-order valence-electron chi connectivity index (χ0n) is 23.9. The van der Waals surface area contributed by atoms with Crippen LogP contribution in [-0.4, -0.2) is 44.0 Å². The topological polar surface area (TPSA) is 138 Å². The Morgan fingerprint density at radius 3 is 2.36 bits per heavy atom. The van der Waals surface area contributed by atoms with E-state index in [1.54, 1.807) is 23.1 Å². The highest BCUT2D eigenvalue weighted by Crippen LogP contribution is 2.41. The lowest BCUT2D eigenvalue weighted by Crippen LogP contribution is -2.36. The number of hydrogen-bond acceptors (Lipinski definition) is 7. The molecule has 0 saturated heterocycles. The number of rotatable bonds is 12. The van der Waals surface area contributed by atoms with Crippen molar-refractivity contribution >= 4 is 54.7 Å². The Hall–Kier alpha value is -3.68. The standard InChI is InChI=1S/C31H31ClN2O8S2/c1-2-22(19-31-34(15-7-17-44(38,39)40)27-21-25(32)11-13-29(27)42-31)18-30-33(14-6-16-43(35,36)37)26-20-24(10-12-28(26)41-30)23-8-4-3-5-9-23/h3-5,8-13,18-21H,2,6-7,14-17H2,1H3,(H-,35,36,37,38,39,40)/p+1. The van der Waals surface area contributed by atoms with Gasteiger partial charge in [-0.3, -0.25) is 9.11 Å². The quantitative estimate of drug-likeness (QED) is 0.136. The molecular formula is C31H32ClN2O8S2+. The summed E-state index contributed by atoms with van der Waals surface area (Å²) in [5, 5.41) is 0.489. The van der Waals surface area contributed by atoms with Gasteiger partial charge in [-0.05, 0) is 53.8 Å². The first-order valence-electron chi connectivity index (χ1n) is 14.0. The Labute approximate surface area is 261 Å². The van der Waals surface area contributed by atoms with Crippen molar-refractivity contribution in [2.45, 2.75) is 32.7 Å². The van der Waals surface area contributed by atoms with Crippen LogP contribution in [-0.2, 0) is 26.8 Å². The molecule has 0 aliphatic carbocycles. The molecule has 13 heteroatoms. The van der Waals surface area contributed by atoms with Crippen LogP contribution in [0.1, 0.15) is 32.1 Å². The first-order chi connectivity index (χ1) is 20.9. The lowest BCUT2D eigenvalue weighted by molar-refractivity contribution is -0.677. The molecule has 0 amide bonds. The van der Waals surface area contributed by atoms with E-state index in [-0.39, 0.29) is 25.9 Å². The Bertz CT molecular complexity index is 1950. The molecule has 0 spiro atoms. The number of benzene rings is 3. The predicted molar refractivity (Wildman–Crippen MR) is 170 cm³/mol. The fourth-order valence-corrected chi connectivity index (χ4v) is 6.19. The Morgan fingerprint density at radius 2 is 1.66 bits per heavy atom. The van der Waals surface area contributed by atoms with Crippen molar-refractivity contribution in [1.82, 2.24) is 0 Å². The minimum absolute atomic E-state index is 0.151. The number of aromatic nitrogens is 1. The number of anilines is 1. The Morgan fingerprint density at radius 1 is 0.932 bits per heavy atom. The number of nitrogens with zero attached hydrogens (tertiary/aromatic N) is 2. The number of aryl methyl sites for hydroxylation is 1. The monoisotopic (exact) mass is 659 g/mol. The third-order valence-electron chi connectivity index (χ3n) is 7.12. The average Bonchev–Trinajstić information content (AvgIpc) is 3.48. The smallest absolute Gasteiger partial charge is 0.374 e. The van der Waals surface area contributed by atoms with Crippen LogP contribution in [0.3, 0.4) is 0 Å². The highest BCUT2D eigenvalue weighted by atomic mass is 35.5. The van der Waals surface area contributed by atoms with Crippen LogP contribution in [0.5, 0.6) is 5.75 Å². The van der Waals surface area contributed by atoms with Crippen molar-refractivity contribution in [3.05, 3.63) is 95.2 Å². The maximum atomic E-state index is 11.5. The highest BCUT2D eigenvalue weighted by molar-refractivity contribution is 7.86. The van der Waals surface area contributed by atoms with Crippen molar-refractivity contribution in [2.75, 3.05) is 23.0 Å². The fraction of sp³-hybridized carbons (Fsp3) is 0.258. The van der Waals surface area contributed by atoms with Crippen LogP contribution in [0, 0.1) is 0 Å². The molecule has 232 valence electrons. The van der Waals surface area contributed by atoms with Crippen molar-refractivity contribution in [3.63, 3.8) is 0 Å². The van der Waals surface area contributed by atoms with Crippen LogP contribution < -0.4 is 14.2 Å². The van der Waals surface area contributed by atoms with E-state index in [1.807, 2.05) is 72.2 Å². The average molecular weight is 660 g/mol. The summed E-state index contributed by atoms with van der Waals surface area (Å²) in [5.74, 6) is 0.681. The van der Waals surface area contributed by atoms with Crippen LogP contribution in [0.2, 0.25) is 5.02 Å². The normalized spacial score (nSPS) is 14.8. The van der Waals surface area contributed by atoms with E-state index in [1.165, 1.54) is 0 Å². The summed E-state index contributed by atoms with van der Waals surface area (Å²) in [4.78, 5) is 1.81. The lowest BCUT2D eigenvalue weighted by atomic mass is 10.1. The molecule has 1 aliphatic rings. The van der Waals surface area contributed by atoms with E-state index in [0.29, 0.717) is 40.2 Å². The van der Waals surface area contributed by atoms with E-state index in [4.69, 9.17) is 20.8 Å². The number of halogens is 1. The van der Waals surface area contributed by atoms with Gasteiger partial charge >= 0.3 is 5.89 Å². The lowest BCUT2D eigenvalue weighted by Gasteiger charge is -2.18. The van der Waals surface area contributed by atoms with E-state index in [2.05, 4.69) is 0 Å².